The van der Waals surface area contributed by atoms with Crippen LogP contribution >= 0.6 is 0 Å². The maximum absolute atomic E-state index is 4.32. The Morgan fingerprint density at radius 2 is 1.33 bits per heavy atom. The van der Waals surface area contributed by atoms with Crippen molar-refractivity contribution in [3.05, 3.63) is 18.0 Å². The standard InChI is InChI=1S/C10H16N4.2C2H6/c1-9-7-11-10(12-8-9)14-5-3-13(2)4-6-14;2*1-2/h7-8H,3-6H2,1-2H3;2*1-2H3. The van der Waals surface area contributed by atoms with Crippen LogP contribution < -0.4 is 4.90 Å². The van der Waals surface area contributed by atoms with E-state index >= 15 is 0 Å². The molecule has 4 heteroatoms. The molecule has 0 saturated carbocycles. The first-order valence-corrected chi connectivity index (χ1v) is 6.98. The van der Waals surface area contributed by atoms with E-state index in [0.717, 1.165) is 37.7 Å². The predicted octanol–water partition coefficient (Wildman–Crippen LogP) is 2.59. The molecule has 1 aromatic rings. The zero-order valence-corrected chi connectivity index (χ0v) is 12.8. The third-order valence-electron chi connectivity index (χ3n) is 2.55. The first kappa shape index (κ1) is 16.8. The zero-order valence-electron chi connectivity index (χ0n) is 12.8. The van der Waals surface area contributed by atoms with Crippen LogP contribution in [0.4, 0.5) is 5.95 Å². The maximum atomic E-state index is 4.32. The smallest absolute Gasteiger partial charge is 0.225 e. The van der Waals surface area contributed by atoms with Crippen molar-refractivity contribution in [3.8, 4) is 0 Å². The van der Waals surface area contributed by atoms with Crippen LogP contribution in [0.15, 0.2) is 12.4 Å². The summed E-state index contributed by atoms with van der Waals surface area (Å²) in [5.74, 6) is 0.865. The van der Waals surface area contributed by atoms with Gasteiger partial charge in [0.2, 0.25) is 5.95 Å². The van der Waals surface area contributed by atoms with Gasteiger partial charge in [0.1, 0.15) is 0 Å². The Labute approximate surface area is 112 Å². The van der Waals surface area contributed by atoms with Gasteiger partial charge in [-0.3, -0.25) is 0 Å². The Kier molecular flexibility index (Phi) is 9.19. The third-order valence-corrected chi connectivity index (χ3v) is 2.55. The predicted molar refractivity (Wildman–Crippen MR) is 79.2 cm³/mol. The van der Waals surface area contributed by atoms with Crippen LogP contribution in [0.5, 0.6) is 0 Å². The lowest BCUT2D eigenvalue weighted by molar-refractivity contribution is 0.311. The van der Waals surface area contributed by atoms with E-state index < -0.39 is 0 Å². The summed E-state index contributed by atoms with van der Waals surface area (Å²) in [5, 5.41) is 0. The molecular weight excluding hydrogens is 224 g/mol. The molecule has 0 atom stereocenters. The van der Waals surface area contributed by atoms with Crippen molar-refractivity contribution in [3.63, 3.8) is 0 Å². The van der Waals surface area contributed by atoms with Gasteiger partial charge in [-0.15, -0.1) is 0 Å². The fourth-order valence-corrected chi connectivity index (χ4v) is 1.56. The van der Waals surface area contributed by atoms with Crippen LogP contribution in [0.25, 0.3) is 0 Å². The van der Waals surface area contributed by atoms with E-state index in [1.165, 1.54) is 0 Å². The Hall–Kier alpha value is -1.16. The van der Waals surface area contributed by atoms with Gasteiger partial charge < -0.3 is 9.80 Å². The molecule has 0 aliphatic carbocycles. The van der Waals surface area contributed by atoms with E-state index in [0.29, 0.717) is 0 Å². The fraction of sp³-hybridized carbons (Fsp3) is 0.714. The van der Waals surface area contributed by atoms with Gasteiger partial charge in [0.15, 0.2) is 0 Å². The van der Waals surface area contributed by atoms with Crippen molar-refractivity contribution in [2.24, 2.45) is 0 Å². The monoisotopic (exact) mass is 252 g/mol. The van der Waals surface area contributed by atoms with Crippen LogP contribution in [0.1, 0.15) is 33.3 Å². The molecule has 0 amide bonds. The van der Waals surface area contributed by atoms with E-state index in [2.05, 4.69) is 26.8 Å². The molecule has 0 spiro atoms. The lowest BCUT2D eigenvalue weighted by atomic mass is 10.3. The van der Waals surface area contributed by atoms with E-state index in [1.807, 2.05) is 47.0 Å². The van der Waals surface area contributed by atoms with Gasteiger partial charge in [-0.05, 0) is 19.5 Å². The highest BCUT2D eigenvalue weighted by atomic mass is 15.3. The summed E-state index contributed by atoms with van der Waals surface area (Å²) in [7, 11) is 2.15. The highest BCUT2D eigenvalue weighted by Gasteiger charge is 2.15. The average Bonchev–Trinajstić information content (AvgIpc) is 2.45. The molecule has 1 fully saturated rings. The number of nitrogens with zero attached hydrogens (tertiary/aromatic N) is 4. The molecule has 2 heterocycles. The van der Waals surface area contributed by atoms with Crippen molar-refractivity contribution in [2.45, 2.75) is 34.6 Å². The summed E-state index contributed by atoms with van der Waals surface area (Å²) in [6.07, 6.45) is 3.75. The number of rotatable bonds is 1. The molecule has 2 rings (SSSR count). The molecule has 4 nitrogen and oxygen atoms in total. The second-order valence-corrected chi connectivity index (χ2v) is 3.85. The van der Waals surface area contributed by atoms with Gasteiger partial charge >= 0.3 is 0 Å². The van der Waals surface area contributed by atoms with E-state index in [4.69, 9.17) is 0 Å². The molecule has 0 bridgehead atoms. The molecule has 18 heavy (non-hydrogen) atoms. The third kappa shape index (κ3) is 5.45. The highest BCUT2D eigenvalue weighted by molar-refractivity contribution is 5.30. The minimum absolute atomic E-state index is 0.865. The van der Waals surface area contributed by atoms with Gasteiger partial charge in [0.25, 0.3) is 0 Å². The van der Waals surface area contributed by atoms with E-state index in [1.54, 1.807) is 0 Å². The SMILES string of the molecule is CC.CC.Cc1cnc(N2CCN(C)CC2)nc1. The molecule has 0 N–H and O–H groups in total. The van der Waals surface area contributed by atoms with Crippen molar-refractivity contribution in [1.82, 2.24) is 14.9 Å². The highest BCUT2D eigenvalue weighted by Crippen LogP contribution is 2.09. The van der Waals surface area contributed by atoms with Gasteiger partial charge in [-0.2, -0.15) is 0 Å². The molecule has 0 radical (unpaired) electrons. The van der Waals surface area contributed by atoms with Crippen LogP contribution in [-0.4, -0.2) is 48.1 Å². The summed E-state index contributed by atoms with van der Waals surface area (Å²) in [6, 6.07) is 0. The van der Waals surface area contributed by atoms with Gasteiger partial charge in [0, 0.05) is 38.6 Å². The van der Waals surface area contributed by atoms with Crippen LogP contribution in [0.3, 0.4) is 0 Å². The molecule has 1 saturated heterocycles. The molecule has 1 aromatic heterocycles. The summed E-state index contributed by atoms with van der Waals surface area (Å²) in [5.41, 5.74) is 1.11. The number of anilines is 1. The van der Waals surface area contributed by atoms with Crippen molar-refractivity contribution >= 4 is 5.95 Å². The lowest BCUT2D eigenvalue weighted by Crippen LogP contribution is -2.45. The lowest BCUT2D eigenvalue weighted by Gasteiger charge is -2.32. The number of hydrogen-bond acceptors (Lipinski definition) is 4. The fourth-order valence-electron chi connectivity index (χ4n) is 1.56. The van der Waals surface area contributed by atoms with Crippen LogP contribution in [0, 0.1) is 6.92 Å². The summed E-state index contributed by atoms with van der Waals surface area (Å²) >= 11 is 0. The Morgan fingerprint density at radius 1 is 0.889 bits per heavy atom. The van der Waals surface area contributed by atoms with Gasteiger partial charge in [0.05, 0.1) is 0 Å². The average molecular weight is 252 g/mol. The molecule has 0 unspecified atom stereocenters. The Bertz CT molecular complexity index is 289. The largest absolute Gasteiger partial charge is 0.338 e. The van der Waals surface area contributed by atoms with Crippen molar-refractivity contribution in [2.75, 3.05) is 38.1 Å². The minimum atomic E-state index is 0.865. The molecule has 1 aliphatic heterocycles. The van der Waals surface area contributed by atoms with E-state index in [9.17, 15) is 0 Å². The minimum Gasteiger partial charge on any atom is -0.338 e. The summed E-state index contributed by atoms with van der Waals surface area (Å²) in [4.78, 5) is 13.2. The number of aryl methyl sites for hydroxylation is 1. The second kappa shape index (κ2) is 9.83. The molecule has 104 valence electrons. The first-order valence-electron chi connectivity index (χ1n) is 6.98. The normalized spacial score (nSPS) is 15.1. The Morgan fingerprint density at radius 3 is 1.78 bits per heavy atom. The second-order valence-electron chi connectivity index (χ2n) is 3.85. The topological polar surface area (TPSA) is 32.3 Å². The molecule has 0 aromatic carbocycles. The number of piperazine rings is 1. The molecule has 1 aliphatic rings. The van der Waals surface area contributed by atoms with E-state index in [-0.39, 0.29) is 0 Å². The first-order chi connectivity index (χ1) is 8.75. The van der Waals surface area contributed by atoms with Gasteiger partial charge in [-0.25, -0.2) is 9.97 Å². The van der Waals surface area contributed by atoms with Crippen molar-refractivity contribution < 1.29 is 0 Å². The quantitative estimate of drug-likeness (QED) is 0.769. The molecular formula is C14H28N4. The summed E-state index contributed by atoms with van der Waals surface area (Å²) < 4.78 is 0. The van der Waals surface area contributed by atoms with Gasteiger partial charge in [-0.1, -0.05) is 27.7 Å². The number of aromatic nitrogens is 2. The number of likely N-dealkylation sites (N-methyl/N-ethyl adjacent to an activating group) is 1. The maximum Gasteiger partial charge on any atom is 0.225 e. The number of hydrogen-bond donors (Lipinski definition) is 0. The van der Waals surface area contributed by atoms with Crippen molar-refractivity contribution in [1.29, 1.82) is 0 Å². The summed E-state index contributed by atoms with van der Waals surface area (Å²) in [6.45, 7) is 14.3. The Balaban J connectivity index is 0.000000659. The van der Waals surface area contributed by atoms with Crippen LogP contribution in [0.2, 0.25) is 0 Å². The zero-order chi connectivity index (χ0) is 14.0. The van der Waals surface area contributed by atoms with Crippen LogP contribution in [-0.2, 0) is 0 Å².